The van der Waals surface area contributed by atoms with Crippen LogP contribution in [0.2, 0.25) is 0 Å². The van der Waals surface area contributed by atoms with Gasteiger partial charge in [-0.15, -0.1) is 0 Å². The second-order valence-corrected chi connectivity index (χ2v) is 10.9. The first-order chi connectivity index (χ1) is 18.6. The minimum atomic E-state index is -1.03. The summed E-state index contributed by atoms with van der Waals surface area (Å²) in [6.07, 6.45) is 12.8. The van der Waals surface area contributed by atoms with E-state index in [1.54, 1.807) is 6.92 Å². The lowest BCUT2D eigenvalue weighted by Crippen LogP contribution is -2.30. The number of benzene rings is 3. The molecule has 0 spiro atoms. The molecule has 5 rings (SSSR count). The zero-order valence-corrected chi connectivity index (χ0v) is 22.5. The molecule has 2 saturated carbocycles. The molecule has 0 bridgehead atoms. The van der Waals surface area contributed by atoms with Crippen molar-refractivity contribution in [3.05, 3.63) is 95.6 Å². The molecule has 3 aromatic rings. The fourth-order valence-electron chi connectivity index (χ4n) is 6.47. The average molecular weight is 517 g/mol. The van der Waals surface area contributed by atoms with Crippen LogP contribution in [-0.4, -0.2) is 6.61 Å². The number of ether oxygens (including phenoxy) is 2. The molecule has 200 valence electrons. The summed E-state index contributed by atoms with van der Waals surface area (Å²) < 4.78 is 39.0. The van der Waals surface area contributed by atoms with Crippen LogP contribution in [0.15, 0.2) is 72.8 Å². The molecular weight excluding hydrogens is 478 g/mol. The minimum Gasteiger partial charge on any atom is -0.491 e. The van der Waals surface area contributed by atoms with Crippen LogP contribution in [0.1, 0.15) is 69.4 Å². The fourth-order valence-corrected chi connectivity index (χ4v) is 6.47. The van der Waals surface area contributed by atoms with E-state index in [2.05, 4.69) is 55.5 Å². The molecule has 4 atom stereocenters. The first-order valence-corrected chi connectivity index (χ1v) is 14.1. The molecule has 2 nitrogen and oxygen atoms in total. The minimum absolute atomic E-state index is 0.104. The SMILES string of the molecule is C/C=C/C1CCC2CC(c3ccc(-c4ccc(COc5ccc(OCC)c(F)c5F)cc4)cc3)CCC2C1. The van der Waals surface area contributed by atoms with Gasteiger partial charge in [-0.25, -0.2) is 0 Å². The summed E-state index contributed by atoms with van der Waals surface area (Å²) in [6.45, 7) is 4.29. The van der Waals surface area contributed by atoms with Crippen molar-refractivity contribution < 1.29 is 18.3 Å². The van der Waals surface area contributed by atoms with Gasteiger partial charge in [-0.3, -0.25) is 0 Å². The van der Waals surface area contributed by atoms with E-state index in [4.69, 9.17) is 9.47 Å². The molecule has 3 aromatic carbocycles. The third-order valence-electron chi connectivity index (χ3n) is 8.49. The van der Waals surface area contributed by atoms with Crippen LogP contribution in [0.5, 0.6) is 11.5 Å². The zero-order chi connectivity index (χ0) is 26.5. The molecule has 0 N–H and O–H groups in total. The van der Waals surface area contributed by atoms with Gasteiger partial charge in [0.1, 0.15) is 6.61 Å². The quantitative estimate of drug-likeness (QED) is 0.278. The Morgan fingerprint density at radius 3 is 2.00 bits per heavy atom. The molecule has 4 heteroatoms. The maximum atomic E-state index is 14.3. The van der Waals surface area contributed by atoms with Gasteiger partial charge in [0.15, 0.2) is 11.5 Å². The van der Waals surface area contributed by atoms with E-state index >= 15 is 0 Å². The second-order valence-electron chi connectivity index (χ2n) is 10.9. The van der Waals surface area contributed by atoms with E-state index < -0.39 is 11.6 Å². The van der Waals surface area contributed by atoms with Gasteiger partial charge in [-0.2, -0.15) is 8.78 Å². The average Bonchev–Trinajstić information content (AvgIpc) is 2.95. The molecule has 0 aliphatic heterocycles. The fraction of sp³-hybridized carbons (Fsp3) is 0.412. The first-order valence-electron chi connectivity index (χ1n) is 14.1. The third-order valence-corrected chi connectivity index (χ3v) is 8.49. The lowest BCUT2D eigenvalue weighted by molar-refractivity contribution is 0.133. The Labute approximate surface area is 225 Å². The van der Waals surface area contributed by atoms with E-state index in [1.807, 2.05) is 12.1 Å². The molecule has 0 radical (unpaired) electrons. The number of fused-ring (bicyclic) bond motifs is 1. The second kappa shape index (κ2) is 12.1. The highest BCUT2D eigenvalue weighted by molar-refractivity contribution is 5.64. The highest BCUT2D eigenvalue weighted by Crippen LogP contribution is 2.48. The Balaban J connectivity index is 1.17. The highest BCUT2D eigenvalue weighted by Gasteiger charge is 2.35. The Hall–Kier alpha value is -3.14. The van der Waals surface area contributed by atoms with Crippen molar-refractivity contribution in [2.75, 3.05) is 6.61 Å². The number of rotatable bonds is 8. The van der Waals surface area contributed by atoms with E-state index in [-0.39, 0.29) is 24.7 Å². The van der Waals surface area contributed by atoms with E-state index in [0.717, 1.165) is 28.9 Å². The highest BCUT2D eigenvalue weighted by atomic mass is 19.2. The summed E-state index contributed by atoms with van der Waals surface area (Å²) in [6, 6.07) is 19.9. The van der Waals surface area contributed by atoms with Crippen LogP contribution in [0, 0.1) is 29.4 Å². The van der Waals surface area contributed by atoms with Gasteiger partial charge in [-0.1, -0.05) is 60.7 Å². The van der Waals surface area contributed by atoms with Gasteiger partial charge in [0.05, 0.1) is 6.61 Å². The molecule has 0 amide bonds. The van der Waals surface area contributed by atoms with Crippen LogP contribution in [0.3, 0.4) is 0 Å². The smallest absolute Gasteiger partial charge is 0.204 e. The number of hydrogen-bond acceptors (Lipinski definition) is 2. The van der Waals surface area contributed by atoms with Crippen molar-refractivity contribution in [2.24, 2.45) is 17.8 Å². The van der Waals surface area contributed by atoms with Gasteiger partial charge < -0.3 is 9.47 Å². The monoisotopic (exact) mass is 516 g/mol. The molecule has 2 aliphatic carbocycles. The van der Waals surface area contributed by atoms with Crippen LogP contribution < -0.4 is 9.47 Å². The van der Waals surface area contributed by atoms with Crippen LogP contribution in [-0.2, 0) is 6.61 Å². The van der Waals surface area contributed by atoms with Gasteiger partial charge in [0, 0.05) is 0 Å². The van der Waals surface area contributed by atoms with Crippen molar-refractivity contribution in [2.45, 2.75) is 64.9 Å². The summed E-state index contributed by atoms with van der Waals surface area (Å²) in [4.78, 5) is 0. The van der Waals surface area contributed by atoms with Gasteiger partial charge in [0.2, 0.25) is 11.6 Å². The topological polar surface area (TPSA) is 18.5 Å². The predicted molar refractivity (Wildman–Crippen MR) is 149 cm³/mol. The number of hydrogen-bond donors (Lipinski definition) is 0. The maximum absolute atomic E-state index is 14.3. The summed E-state index contributed by atoms with van der Waals surface area (Å²) >= 11 is 0. The van der Waals surface area contributed by atoms with Gasteiger partial charge in [-0.05, 0) is 110 Å². The van der Waals surface area contributed by atoms with Crippen molar-refractivity contribution in [3.8, 4) is 22.6 Å². The predicted octanol–water partition coefficient (Wildman–Crippen LogP) is 9.49. The third kappa shape index (κ3) is 5.95. The molecule has 4 unspecified atom stereocenters. The molecule has 2 aliphatic rings. The zero-order valence-electron chi connectivity index (χ0n) is 22.5. The molecule has 0 saturated heterocycles. The molecule has 38 heavy (non-hydrogen) atoms. The Bertz CT molecular complexity index is 1230. The first kappa shape index (κ1) is 26.5. The molecule has 0 aromatic heterocycles. The van der Waals surface area contributed by atoms with E-state index in [1.165, 1.54) is 61.8 Å². The Morgan fingerprint density at radius 2 is 1.34 bits per heavy atom. The Morgan fingerprint density at radius 1 is 0.737 bits per heavy atom. The van der Waals surface area contributed by atoms with Crippen molar-refractivity contribution in [1.29, 1.82) is 0 Å². The van der Waals surface area contributed by atoms with Crippen LogP contribution in [0.4, 0.5) is 8.78 Å². The van der Waals surface area contributed by atoms with Crippen molar-refractivity contribution >= 4 is 0 Å². The van der Waals surface area contributed by atoms with E-state index in [0.29, 0.717) is 5.92 Å². The summed E-state index contributed by atoms with van der Waals surface area (Å²) in [5.74, 6) is 1.00. The van der Waals surface area contributed by atoms with Gasteiger partial charge in [0.25, 0.3) is 0 Å². The largest absolute Gasteiger partial charge is 0.491 e. The molecular formula is C34H38F2O2. The lowest BCUT2D eigenvalue weighted by Gasteiger charge is -2.41. The summed E-state index contributed by atoms with van der Waals surface area (Å²) in [7, 11) is 0. The number of halogens is 2. The standard InChI is InChI=1S/C34H38F2O2/c1-3-5-23-6-11-30-21-29(17-16-28(30)20-23)27-14-12-26(13-15-27)25-9-7-24(8-10-25)22-38-32-19-18-31(37-4-2)33(35)34(32)36/h3,5,7-10,12-15,18-19,23,28-30H,4,6,11,16-17,20-22H2,1-2H3/b5-3+. The number of allylic oxidation sites excluding steroid dienone is 2. The normalized spacial score (nSPS) is 23.3. The van der Waals surface area contributed by atoms with Crippen molar-refractivity contribution in [1.82, 2.24) is 0 Å². The molecule has 0 heterocycles. The summed E-state index contributed by atoms with van der Waals surface area (Å²) in [5, 5.41) is 0. The van der Waals surface area contributed by atoms with E-state index in [9.17, 15) is 8.78 Å². The molecule has 2 fully saturated rings. The van der Waals surface area contributed by atoms with Crippen LogP contribution in [0.25, 0.3) is 11.1 Å². The Kier molecular flexibility index (Phi) is 8.46. The van der Waals surface area contributed by atoms with Crippen molar-refractivity contribution in [3.63, 3.8) is 0 Å². The maximum Gasteiger partial charge on any atom is 0.204 e. The summed E-state index contributed by atoms with van der Waals surface area (Å²) in [5.41, 5.74) is 4.67. The van der Waals surface area contributed by atoms with Gasteiger partial charge >= 0.3 is 0 Å². The van der Waals surface area contributed by atoms with Crippen LogP contribution >= 0.6 is 0 Å². The lowest BCUT2D eigenvalue weighted by atomic mass is 9.64.